The number of aromatic amines is 1. The van der Waals surface area contributed by atoms with Crippen LogP contribution < -0.4 is 5.32 Å². The van der Waals surface area contributed by atoms with Crippen LogP contribution in [0.3, 0.4) is 0 Å². The second-order valence-electron chi connectivity index (χ2n) is 4.18. The van der Waals surface area contributed by atoms with E-state index in [-0.39, 0.29) is 6.04 Å². The van der Waals surface area contributed by atoms with E-state index >= 15 is 0 Å². The van der Waals surface area contributed by atoms with Crippen LogP contribution in [0.25, 0.3) is 0 Å². The zero-order chi connectivity index (χ0) is 12.8. The highest BCUT2D eigenvalue weighted by Crippen LogP contribution is 2.12. The predicted molar refractivity (Wildman–Crippen MR) is 68.8 cm³/mol. The lowest BCUT2D eigenvalue weighted by atomic mass is 10.1. The lowest BCUT2D eigenvalue weighted by molar-refractivity contribution is 0.184. The molecular formula is C13H18N4O. The summed E-state index contributed by atoms with van der Waals surface area (Å²) in [5.41, 5.74) is 2.45. The molecule has 1 heterocycles. The Labute approximate surface area is 107 Å². The third kappa shape index (κ3) is 3.15. The quantitative estimate of drug-likeness (QED) is 0.816. The maximum absolute atomic E-state index is 5.19. The van der Waals surface area contributed by atoms with E-state index in [1.54, 1.807) is 7.11 Å². The molecule has 5 nitrogen and oxygen atoms in total. The standard InChI is InChI=1S/C13H18N4O/c1-10(13-15-9-16-17-13)14-7-11-5-3-4-6-12(11)8-18-2/h3-6,9-10,14H,7-8H2,1-2H3,(H,15,16,17). The molecule has 5 heteroatoms. The van der Waals surface area contributed by atoms with Gasteiger partial charge in [0.15, 0.2) is 0 Å². The van der Waals surface area contributed by atoms with Crippen molar-refractivity contribution in [2.75, 3.05) is 7.11 Å². The maximum Gasteiger partial charge on any atom is 0.141 e. The van der Waals surface area contributed by atoms with Gasteiger partial charge in [-0.1, -0.05) is 24.3 Å². The van der Waals surface area contributed by atoms with Gasteiger partial charge in [-0.05, 0) is 18.1 Å². The van der Waals surface area contributed by atoms with E-state index in [1.807, 2.05) is 12.1 Å². The van der Waals surface area contributed by atoms with Crippen LogP contribution in [0.15, 0.2) is 30.6 Å². The van der Waals surface area contributed by atoms with Crippen LogP contribution in [0.2, 0.25) is 0 Å². The Bertz CT molecular complexity index is 470. The third-order valence-electron chi connectivity index (χ3n) is 2.86. The van der Waals surface area contributed by atoms with Crippen LogP contribution in [0.1, 0.15) is 29.9 Å². The lowest BCUT2D eigenvalue weighted by Gasteiger charge is -2.13. The fourth-order valence-corrected chi connectivity index (χ4v) is 1.81. The minimum absolute atomic E-state index is 0.142. The fraction of sp³-hybridized carbons (Fsp3) is 0.385. The Morgan fingerprint density at radius 3 is 2.78 bits per heavy atom. The summed E-state index contributed by atoms with van der Waals surface area (Å²) in [5, 5.41) is 10.1. The first-order valence-corrected chi connectivity index (χ1v) is 5.95. The number of ether oxygens (including phenoxy) is 1. The van der Waals surface area contributed by atoms with Crippen LogP contribution in [0.5, 0.6) is 0 Å². The zero-order valence-corrected chi connectivity index (χ0v) is 10.7. The molecule has 0 amide bonds. The van der Waals surface area contributed by atoms with Crippen molar-refractivity contribution in [3.05, 3.63) is 47.5 Å². The van der Waals surface area contributed by atoms with Crippen molar-refractivity contribution in [2.45, 2.75) is 26.1 Å². The van der Waals surface area contributed by atoms with Gasteiger partial charge in [-0.2, -0.15) is 5.10 Å². The minimum atomic E-state index is 0.142. The van der Waals surface area contributed by atoms with Gasteiger partial charge < -0.3 is 10.1 Å². The Kier molecular flexibility index (Phi) is 4.44. The van der Waals surface area contributed by atoms with Crippen LogP contribution in [0.4, 0.5) is 0 Å². The Hall–Kier alpha value is -1.72. The monoisotopic (exact) mass is 246 g/mol. The molecule has 96 valence electrons. The number of H-pyrrole nitrogens is 1. The molecule has 18 heavy (non-hydrogen) atoms. The van der Waals surface area contributed by atoms with Crippen molar-refractivity contribution in [1.29, 1.82) is 0 Å². The fourth-order valence-electron chi connectivity index (χ4n) is 1.81. The number of hydrogen-bond donors (Lipinski definition) is 2. The van der Waals surface area contributed by atoms with E-state index in [1.165, 1.54) is 17.5 Å². The summed E-state index contributed by atoms with van der Waals surface area (Å²) in [6.45, 7) is 3.47. The van der Waals surface area contributed by atoms with Crippen LogP contribution in [-0.4, -0.2) is 22.3 Å². The summed E-state index contributed by atoms with van der Waals surface area (Å²) in [4.78, 5) is 4.13. The maximum atomic E-state index is 5.19. The first-order chi connectivity index (χ1) is 8.81. The minimum Gasteiger partial charge on any atom is -0.380 e. The van der Waals surface area contributed by atoms with Crippen LogP contribution in [-0.2, 0) is 17.9 Å². The van der Waals surface area contributed by atoms with E-state index in [9.17, 15) is 0 Å². The average molecular weight is 246 g/mol. The number of aromatic nitrogens is 3. The van der Waals surface area contributed by atoms with Crippen molar-refractivity contribution in [1.82, 2.24) is 20.5 Å². The Morgan fingerprint density at radius 2 is 2.11 bits per heavy atom. The van der Waals surface area contributed by atoms with Crippen LogP contribution >= 0.6 is 0 Å². The summed E-state index contributed by atoms with van der Waals surface area (Å²) in [6, 6.07) is 8.39. The molecule has 1 unspecified atom stereocenters. The van der Waals surface area contributed by atoms with Gasteiger partial charge in [0.2, 0.25) is 0 Å². The van der Waals surface area contributed by atoms with E-state index in [0.717, 1.165) is 12.4 Å². The molecule has 0 spiro atoms. The summed E-state index contributed by atoms with van der Waals surface area (Å²) < 4.78 is 5.19. The average Bonchev–Trinajstić information content (AvgIpc) is 2.92. The normalized spacial score (nSPS) is 12.6. The van der Waals surface area contributed by atoms with Crippen molar-refractivity contribution < 1.29 is 4.74 Å². The second kappa shape index (κ2) is 6.28. The van der Waals surface area contributed by atoms with E-state index in [2.05, 4.69) is 39.6 Å². The highest BCUT2D eigenvalue weighted by molar-refractivity contribution is 5.26. The van der Waals surface area contributed by atoms with Gasteiger partial charge in [-0.25, -0.2) is 4.98 Å². The largest absolute Gasteiger partial charge is 0.380 e. The first kappa shape index (κ1) is 12.7. The number of rotatable bonds is 6. The molecule has 0 saturated heterocycles. The topological polar surface area (TPSA) is 62.8 Å². The molecule has 0 fully saturated rings. The van der Waals surface area contributed by atoms with E-state index < -0.39 is 0 Å². The smallest absolute Gasteiger partial charge is 0.141 e. The molecule has 1 atom stereocenters. The number of benzene rings is 1. The van der Waals surface area contributed by atoms with Gasteiger partial charge >= 0.3 is 0 Å². The van der Waals surface area contributed by atoms with Crippen molar-refractivity contribution in [3.8, 4) is 0 Å². The van der Waals surface area contributed by atoms with Gasteiger partial charge in [0.1, 0.15) is 12.2 Å². The molecule has 0 aliphatic heterocycles. The molecule has 0 aliphatic rings. The lowest BCUT2D eigenvalue weighted by Crippen LogP contribution is -2.20. The van der Waals surface area contributed by atoms with Crippen molar-refractivity contribution in [2.24, 2.45) is 0 Å². The molecule has 2 aromatic rings. The molecular weight excluding hydrogens is 228 g/mol. The SMILES string of the molecule is COCc1ccccc1CNC(C)c1ncn[nH]1. The summed E-state index contributed by atoms with van der Waals surface area (Å²) >= 11 is 0. The third-order valence-corrected chi connectivity index (χ3v) is 2.86. The van der Waals surface area contributed by atoms with Gasteiger partial charge in [-0.3, -0.25) is 5.10 Å². The number of nitrogens with zero attached hydrogens (tertiary/aromatic N) is 2. The summed E-state index contributed by atoms with van der Waals surface area (Å²) in [5.74, 6) is 0.847. The molecule has 0 aliphatic carbocycles. The number of nitrogens with one attached hydrogen (secondary N) is 2. The highest BCUT2D eigenvalue weighted by Gasteiger charge is 2.08. The molecule has 1 aromatic heterocycles. The Balaban J connectivity index is 1.97. The van der Waals surface area contributed by atoms with Gasteiger partial charge in [-0.15, -0.1) is 0 Å². The number of hydrogen-bond acceptors (Lipinski definition) is 4. The van der Waals surface area contributed by atoms with Crippen molar-refractivity contribution in [3.63, 3.8) is 0 Å². The first-order valence-electron chi connectivity index (χ1n) is 5.95. The second-order valence-corrected chi connectivity index (χ2v) is 4.18. The molecule has 0 saturated carbocycles. The van der Waals surface area contributed by atoms with Gasteiger partial charge in [0, 0.05) is 13.7 Å². The summed E-state index contributed by atoms with van der Waals surface area (Å²) in [6.07, 6.45) is 1.52. The highest BCUT2D eigenvalue weighted by atomic mass is 16.5. The predicted octanol–water partition coefficient (Wildman–Crippen LogP) is 1.80. The molecule has 2 rings (SSSR count). The van der Waals surface area contributed by atoms with Crippen LogP contribution in [0, 0.1) is 0 Å². The van der Waals surface area contributed by atoms with Gasteiger partial charge in [0.25, 0.3) is 0 Å². The zero-order valence-electron chi connectivity index (χ0n) is 10.7. The molecule has 2 N–H and O–H groups in total. The molecule has 0 bridgehead atoms. The number of methoxy groups -OCH3 is 1. The van der Waals surface area contributed by atoms with Gasteiger partial charge in [0.05, 0.1) is 12.6 Å². The van der Waals surface area contributed by atoms with E-state index in [0.29, 0.717) is 6.61 Å². The molecule has 0 radical (unpaired) electrons. The molecule has 1 aromatic carbocycles. The van der Waals surface area contributed by atoms with E-state index in [4.69, 9.17) is 4.74 Å². The Morgan fingerprint density at radius 1 is 1.33 bits per heavy atom. The summed E-state index contributed by atoms with van der Waals surface area (Å²) in [7, 11) is 1.71. The van der Waals surface area contributed by atoms with Crippen molar-refractivity contribution >= 4 is 0 Å².